The Kier molecular flexibility index (Phi) is 4.97. The van der Waals surface area contributed by atoms with Crippen LogP contribution in [0.15, 0.2) is 42.7 Å². The fraction of sp³-hybridized carbons (Fsp3) is 0.263. The number of urea groups is 1. The molecule has 1 aliphatic heterocycles. The highest BCUT2D eigenvalue weighted by Crippen LogP contribution is 2.26. The first-order chi connectivity index (χ1) is 12.5. The molecule has 0 saturated heterocycles. The smallest absolute Gasteiger partial charge is 0.319 e. The minimum absolute atomic E-state index is 0.189. The molecule has 3 rings (SSSR count). The van der Waals surface area contributed by atoms with Crippen LogP contribution in [-0.4, -0.2) is 34.3 Å². The number of hydrogen-bond acceptors (Lipinski definition) is 4. The fourth-order valence-electron chi connectivity index (χ4n) is 2.76. The maximum absolute atomic E-state index is 12.5. The molecule has 1 aromatic carbocycles. The molecule has 0 fully saturated rings. The highest BCUT2D eigenvalue weighted by molar-refractivity contribution is 6.21. The Balaban J connectivity index is 1.66. The summed E-state index contributed by atoms with van der Waals surface area (Å²) in [5, 5.41) is 5.42. The molecule has 0 atom stereocenters. The quantitative estimate of drug-likeness (QED) is 0.809. The van der Waals surface area contributed by atoms with Gasteiger partial charge in [0.2, 0.25) is 0 Å². The zero-order valence-electron chi connectivity index (χ0n) is 14.7. The number of hydrogen-bond donors (Lipinski definition) is 2. The molecule has 0 radical (unpaired) electrons. The number of fused-ring (bicyclic) bond motifs is 1. The number of benzene rings is 1. The highest BCUT2D eigenvalue weighted by atomic mass is 16.2. The zero-order valence-corrected chi connectivity index (χ0v) is 14.7. The third kappa shape index (κ3) is 3.72. The number of nitrogens with zero attached hydrogens (tertiary/aromatic N) is 2. The summed E-state index contributed by atoms with van der Waals surface area (Å²) in [6.45, 7) is 4.63. The second-order valence-corrected chi connectivity index (χ2v) is 6.54. The second kappa shape index (κ2) is 7.35. The van der Waals surface area contributed by atoms with Crippen molar-refractivity contribution in [1.29, 1.82) is 0 Å². The van der Waals surface area contributed by atoms with E-state index in [0.717, 1.165) is 5.56 Å². The van der Waals surface area contributed by atoms with Crippen LogP contribution in [0.4, 0.5) is 10.5 Å². The Hall–Kier alpha value is -3.22. The van der Waals surface area contributed by atoms with Crippen molar-refractivity contribution in [1.82, 2.24) is 15.2 Å². The van der Waals surface area contributed by atoms with Gasteiger partial charge in [-0.1, -0.05) is 13.8 Å². The van der Waals surface area contributed by atoms with E-state index < -0.39 is 6.03 Å². The lowest BCUT2D eigenvalue weighted by molar-refractivity contribution is 0.0636. The van der Waals surface area contributed by atoms with Gasteiger partial charge >= 0.3 is 6.03 Å². The number of amides is 4. The van der Waals surface area contributed by atoms with Gasteiger partial charge in [-0.3, -0.25) is 19.5 Å². The van der Waals surface area contributed by atoms with Gasteiger partial charge in [-0.2, -0.15) is 0 Å². The van der Waals surface area contributed by atoms with Crippen molar-refractivity contribution in [3.05, 3.63) is 59.4 Å². The molecule has 4 amide bonds. The van der Waals surface area contributed by atoms with Gasteiger partial charge in [0, 0.05) is 31.2 Å². The summed E-state index contributed by atoms with van der Waals surface area (Å²) < 4.78 is 0. The first-order valence-corrected chi connectivity index (χ1v) is 8.39. The second-order valence-electron chi connectivity index (χ2n) is 6.54. The van der Waals surface area contributed by atoms with E-state index >= 15 is 0 Å². The van der Waals surface area contributed by atoms with Gasteiger partial charge in [-0.05, 0) is 41.8 Å². The molecule has 2 heterocycles. The van der Waals surface area contributed by atoms with E-state index in [1.807, 2.05) is 26.0 Å². The van der Waals surface area contributed by atoms with E-state index in [0.29, 0.717) is 29.9 Å². The van der Waals surface area contributed by atoms with Crippen molar-refractivity contribution in [2.45, 2.75) is 20.4 Å². The van der Waals surface area contributed by atoms with Gasteiger partial charge in [0.05, 0.1) is 11.1 Å². The average molecular weight is 352 g/mol. The summed E-state index contributed by atoms with van der Waals surface area (Å²) in [6.07, 6.45) is 3.31. The van der Waals surface area contributed by atoms with Gasteiger partial charge in [0.1, 0.15) is 0 Å². The lowest BCUT2D eigenvalue weighted by atomic mass is 10.1. The van der Waals surface area contributed by atoms with Crippen LogP contribution in [0.2, 0.25) is 0 Å². The Labute approximate surface area is 151 Å². The minimum atomic E-state index is -0.391. The van der Waals surface area contributed by atoms with E-state index in [1.54, 1.807) is 30.6 Å². The molecule has 1 aliphatic rings. The predicted molar refractivity (Wildman–Crippen MR) is 96.7 cm³/mol. The van der Waals surface area contributed by atoms with Crippen LogP contribution in [0.1, 0.15) is 40.1 Å². The van der Waals surface area contributed by atoms with Crippen molar-refractivity contribution in [2.75, 3.05) is 11.9 Å². The molecule has 7 heteroatoms. The van der Waals surface area contributed by atoms with Gasteiger partial charge < -0.3 is 10.6 Å². The molecular weight excluding hydrogens is 332 g/mol. The molecule has 1 aromatic heterocycles. The predicted octanol–water partition coefficient (Wildman–Crippen LogP) is 2.66. The van der Waals surface area contributed by atoms with Crippen LogP contribution in [-0.2, 0) is 6.54 Å². The molecule has 2 N–H and O–H groups in total. The standard InChI is InChI=1S/C19H20N4O3/c1-12(2)11-23-17(24)15-4-3-14(9-16(15)18(23)25)22-19(26)21-10-13-5-7-20-8-6-13/h3-9,12H,10-11H2,1-2H3,(H2,21,22,26). The number of anilines is 1. The number of rotatable bonds is 5. The molecule has 134 valence electrons. The van der Waals surface area contributed by atoms with Crippen LogP contribution in [0.25, 0.3) is 0 Å². The molecule has 0 aliphatic carbocycles. The summed E-state index contributed by atoms with van der Waals surface area (Å²) >= 11 is 0. The maximum atomic E-state index is 12.5. The summed E-state index contributed by atoms with van der Waals surface area (Å²) in [6, 6.07) is 7.97. The Morgan fingerprint density at radius 3 is 2.46 bits per heavy atom. The first kappa shape index (κ1) is 17.6. The first-order valence-electron chi connectivity index (χ1n) is 8.39. The minimum Gasteiger partial charge on any atom is -0.334 e. The lowest BCUT2D eigenvalue weighted by Crippen LogP contribution is -2.33. The molecule has 0 unspecified atom stereocenters. The van der Waals surface area contributed by atoms with Crippen molar-refractivity contribution in [2.24, 2.45) is 5.92 Å². The van der Waals surface area contributed by atoms with Gasteiger partial charge in [-0.15, -0.1) is 0 Å². The normalized spacial score (nSPS) is 13.1. The number of imide groups is 1. The number of aromatic nitrogens is 1. The van der Waals surface area contributed by atoms with E-state index in [2.05, 4.69) is 15.6 Å². The molecule has 7 nitrogen and oxygen atoms in total. The van der Waals surface area contributed by atoms with E-state index in [4.69, 9.17) is 0 Å². The largest absolute Gasteiger partial charge is 0.334 e. The van der Waals surface area contributed by atoms with Crippen LogP contribution in [0.5, 0.6) is 0 Å². The molecule has 0 bridgehead atoms. The highest BCUT2D eigenvalue weighted by Gasteiger charge is 2.35. The Morgan fingerprint density at radius 1 is 1.08 bits per heavy atom. The van der Waals surface area contributed by atoms with Crippen LogP contribution in [0.3, 0.4) is 0 Å². The number of nitrogens with one attached hydrogen (secondary N) is 2. The van der Waals surface area contributed by atoms with Crippen molar-refractivity contribution in [3.8, 4) is 0 Å². The topological polar surface area (TPSA) is 91.4 Å². The summed E-state index contributed by atoms with van der Waals surface area (Å²) in [7, 11) is 0. The molecule has 0 saturated carbocycles. The Morgan fingerprint density at radius 2 is 1.77 bits per heavy atom. The van der Waals surface area contributed by atoms with E-state index in [9.17, 15) is 14.4 Å². The van der Waals surface area contributed by atoms with Crippen molar-refractivity contribution in [3.63, 3.8) is 0 Å². The molecule has 26 heavy (non-hydrogen) atoms. The fourth-order valence-corrected chi connectivity index (χ4v) is 2.76. The summed E-state index contributed by atoms with van der Waals surface area (Å²) in [4.78, 5) is 42.0. The zero-order chi connectivity index (χ0) is 18.7. The van der Waals surface area contributed by atoms with E-state index in [1.165, 1.54) is 4.90 Å². The van der Waals surface area contributed by atoms with Crippen LogP contribution in [0, 0.1) is 5.92 Å². The lowest BCUT2D eigenvalue weighted by Gasteiger charge is -2.15. The summed E-state index contributed by atoms with van der Waals surface area (Å²) in [5.41, 5.74) is 2.08. The van der Waals surface area contributed by atoms with Gasteiger partial charge in [-0.25, -0.2) is 4.79 Å². The van der Waals surface area contributed by atoms with E-state index in [-0.39, 0.29) is 17.7 Å². The molecule has 0 spiro atoms. The third-order valence-electron chi connectivity index (χ3n) is 3.98. The number of pyridine rings is 1. The molecule has 2 aromatic rings. The number of carbonyl (C=O) groups is 3. The van der Waals surface area contributed by atoms with Gasteiger partial charge in [0.15, 0.2) is 0 Å². The number of carbonyl (C=O) groups excluding carboxylic acids is 3. The van der Waals surface area contributed by atoms with Crippen molar-refractivity contribution >= 4 is 23.5 Å². The van der Waals surface area contributed by atoms with Crippen molar-refractivity contribution < 1.29 is 14.4 Å². The molecular formula is C19H20N4O3. The van der Waals surface area contributed by atoms with Crippen LogP contribution < -0.4 is 10.6 Å². The monoisotopic (exact) mass is 352 g/mol. The van der Waals surface area contributed by atoms with Crippen LogP contribution >= 0.6 is 0 Å². The average Bonchev–Trinajstić information content (AvgIpc) is 2.85. The third-order valence-corrected chi connectivity index (χ3v) is 3.98. The maximum Gasteiger partial charge on any atom is 0.319 e. The Bertz CT molecular complexity index is 849. The van der Waals surface area contributed by atoms with Gasteiger partial charge in [0.25, 0.3) is 11.8 Å². The SMILES string of the molecule is CC(C)CN1C(=O)c2ccc(NC(=O)NCc3ccncc3)cc2C1=O. The summed E-state index contributed by atoms with van der Waals surface area (Å²) in [5.74, 6) is -0.416.